The zero-order valence-corrected chi connectivity index (χ0v) is 14.5. The first-order valence-corrected chi connectivity index (χ1v) is 8.46. The van der Waals surface area contributed by atoms with Gasteiger partial charge in [-0.2, -0.15) is 0 Å². The van der Waals surface area contributed by atoms with Crippen molar-refractivity contribution in [1.82, 2.24) is 14.9 Å². The lowest BCUT2D eigenvalue weighted by molar-refractivity contribution is 0.0979. The molecule has 1 N–H and O–H groups in total. The smallest absolute Gasteiger partial charge is 0.132 e. The fourth-order valence-electron chi connectivity index (χ4n) is 2.81. The van der Waals surface area contributed by atoms with Crippen LogP contribution in [0.5, 0.6) is 0 Å². The normalized spacial score (nSPS) is 14.3. The zero-order chi connectivity index (χ0) is 16.4. The van der Waals surface area contributed by atoms with Crippen LogP contribution in [0.3, 0.4) is 0 Å². The molecule has 2 heterocycles. The van der Waals surface area contributed by atoms with Gasteiger partial charge in [0.2, 0.25) is 0 Å². The van der Waals surface area contributed by atoms with Crippen molar-refractivity contribution in [2.24, 2.45) is 0 Å². The number of aliphatic hydroxyl groups is 1. The van der Waals surface area contributed by atoms with Gasteiger partial charge in [0.25, 0.3) is 0 Å². The molecule has 0 saturated carbocycles. The first-order chi connectivity index (χ1) is 11.0. The molecule has 0 aliphatic heterocycles. The second kappa shape index (κ2) is 6.35. The van der Waals surface area contributed by atoms with E-state index in [0.717, 1.165) is 23.9 Å². The summed E-state index contributed by atoms with van der Waals surface area (Å²) in [6.45, 7) is 2.75. The monoisotopic (exact) mass is 327 g/mol. The van der Waals surface area contributed by atoms with Crippen molar-refractivity contribution in [2.45, 2.75) is 18.9 Å². The van der Waals surface area contributed by atoms with Crippen molar-refractivity contribution >= 4 is 21.4 Å². The van der Waals surface area contributed by atoms with E-state index in [9.17, 15) is 5.11 Å². The molecule has 3 rings (SSSR count). The lowest BCUT2D eigenvalue weighted by atomic mass is 9.89. The van der Waals surface area contributed by atoms with E-state index in [1.54, 1.807) is 29.9 Å². The van der Waals surface area contributed by atoms with E-state index in [-0.39, 0.29) is 0 Å². The Bertz CT molecular complexity index is 796. The lowest BCUT2D eigenvalue weighted by Crippen LogP contribution is -2.26. The number of aromatic nitrogens is 2. The van der Waals surface area contributed by atoms with Crippen LogP contribution in [-0.2, 0) is 12.0 Å². The molecule has 0 aliphatic rings. The van der Waals surface area contributed by atoms with E-state index in [4.69, 9.17) is 0 Å². The largest absolute Gasteiger partial charge is 0.379 e. The highest BCUT2D eigenvalue weighted by atomic mass is 32.1. The van der Waals surface area contributed by atoms with Crippen molar-refractivity contribution in [3.8, 4) is 0 Å². The average Bonchev–Trinajstić information content (AvgIpc) is 2.93. The van der Waals surface area contributed by atoms with Gasteiger partial charge in [0.15, 0.2) is 0 Å². The minimum atomic E-state index is -1.16. The minimum Gasteiger partial charge on any atom is -0.379 e. The summed E-state index contributed by atoms with van der Waals surface area (Å²) in [6.07, 6.45) is 5.79. The lowest BCUT2D eigenvalue weighted by Gasteiger charge is -2.24. The zero-order valence-electron chi connectivity index (χ0n) is 13.7. The molecule has 120 valence electrons. The first kappa shape index (κ1) is 16.1. The molecule has 0 radical (unpaired) electrons. The summed E-state index contributed by atoms with van der Waals surface area (Å²) in [5, 5.41) is 12.4. The number of thiophene rings is 1. The van der Waals surface area contributed by atoms with Gasteiger partial charge in [-0.05, 0) is 38.9 Å². The molecule has 5 heteroatoms. The molecule has 0 spiro atoms. The maximum absolute atomic E-state index is 11.3. The van der Waals surface area contributed by atoms with E-state index in [1.807, 2.05) is 19.1 Å². The summed E-state index contributed by atoms with van der Waals surface area (Å²) in [7, 11) is 4.13. The molecule has 1 atom stereocenters. The molecule has 1 unspecified atom stereocenters. The first-order valence-electron chi connectivity index (χ1n) is 7.64. The van der Waals surface area contributed by atoms with Gasteiger partial charge >= 0.3 is 0 Å². The predicted molar refractivity (Wildman–Crippen MR) is 94.8 cm³/mol. The van der Waals surface area contributed by atoms with Gasteiger partial charge in [-0.3, -0.25) is 9.97 Å². The van der Waals surface area contributed by atoms with Crippen molar-refractivity contribution in [1.29, 1.82) is 0 Å². The van der Waals surface area contributed by atoms with Gasteiger partial charge in [0.05, 0.1) is 11.9 Å². The Labute approximate surface area is 140 Å². The highest BCUT2D eigenvalue weighted by Gasteiger charge is 2.33. The Morgan fingerprint density at radius 3 is 2.70 bits per heavy atom. The van der Waals surface area contributed by atoms with Crippen LogP contribution < -0.4 is 0 Å². The number of fused-ring (bicyclic) bond motifs is 1. The number of rotatable bonds is 5. The van der Waals surface area contributed by atoms with Crippen LogP contribution in [0.1, 0.15) is 23.1 Å². The van der Waals surface area contributed by atoms with E-state index >= 15 is 0 Å². The van der Waals surface area contributed by atoms with Crippen LogP contribution in [0.15, 0.2) is 42.9 Å². The summed E-state index contributed by atoms with van der Waals surface area (Å²) in [6, 6.07) is 8.23. The maximum atomic E-state index is 11.3. The molecule has 2 aromatic heterocycles. The van der Waals surface area contributed by atoms with Crippen LogP contribution in [0.25, 0.3) is 10.1 Å². The molecule has 4 nitrogen and oxygen atoms in total. The SMILES string of the molecule is CN(C)CCc1sc2ccccc2c1C(C)(O)c1cnccn1. The third kappa shape index (κ3) is 3.13. The van der Waals surface area contributed by atoms with Gasteiger partial charge in [0, 0.05) is 34.1 Å². The quantitative estimate of drug-likeness (QED) is 0.782. The van der Waals surface area contributed by atoms with E-state index in [2.05, 4.69) is 41.1 Å². The fraction of sp³-hybridized carbons (Fsp3) is 0.333. The molecule has 3 aromatic rings. The second-order valence-corrected chi connectivity index (χ2v) is 7.25. The standard InChI is InChI=1S/C18H21N3OS/c1-18(22,16-12-19-9-10-20-16)17-13-6-4-5-7-14(13)23-15(17)8-11-21(2)3/h4-7,9-10,12,22H,8,11H2,1-3H3. The molecular weight excluding hydrogens is 306 g/mol. The maximum Gasteiger partial charge on any atom is 0.132 e. The number of likely N-dealkylation sites (N-methyl/N-ethyl adjacent to an activating group) is 1. The Morgan fingerprint density at radius 1 is 1.22 bits per heavy atom. The predicted octanol–water partition coefficient (Wildman–Crippen LogP) is 3.05. The molecule has 0 amide bonds. The third-order valence-corrected chi connectivity index (χ3v) is 5.23. The summed E-state index contributed by atoms with van der Waals surface area (Å²) in [5.41, 5.74) is 0.380. The van der Waals surface area contributed by atoms with Crippen LogP contribution in [-0.4, -0.2) is 40.6 Å². The molecule has 0 saturated heterocycles. The van der Waals surface area contributed by atoms with E-state index in [0.29, 0.717) is 5.69 Å². The van der Waals surface area contributed by atoms with E-state index in [1.165, 1.54) is 9.58 Å². The topological polar surface area (TPSA) is 49.2 Å². The number of hydrogen-bond donors (Lipinski definition) is 1. The summed E-state index contributed by atoms with van der Waals surface area (Å²) in [4.78, 5) is 11.8. The highest BCUT2D eigenvalue weighted by Crippen LogP contribution is 2.40. The van der Waals surface area contributed by atoms with Crippen molar-refractivity contribution in [2.75, 3.05) is 20.6 Å². The highest BCUT2D eigenvalue weighted by molar-refractivity contribution is 7.19. The Morgan fingerprint density at radius 2 is 2.00 bits per heavy atom. The number of hydrogen-bond acceptors (Lipinski definition) is 5. The molecule has 1 aromatic carbocycles. The molecule has 0 bridgehead atoms. The van der Waals surface area contributed by atoms with Crippen molar-refractivity contribution in [3.63, 3.8) is 0 Å². The molecule has 0 aliphatic carbocycles. The molecule has 0 fully saturated rings. The van der Waals surface area contributed by atoms with Gasteiger partial charge in [-0.25, -0.2) is 0 Å². The van der Waals surface area contributed by atoms with Crippen molar-refractivity contribution < 1.29 is 5.11 Å². The van der Waals surface area contributed by atoms with Gasteiger partial charge in [0.1, 0.15) is 5.60 Å². The molecule has 23 heavy (non-hydrogen) atoms. The van der Waals surface area contributed by atoms with Crippen LogP contribution in [0, 0.1) is 0 Å². The Balaban J connectivity index is 2.16. The van der Waals surface area contributed by atoms with Crippen molar-refractivity contribution in [3.05, 3.63) is 59.0 Å². The van der Waals surface area contributed by atoms with Crippen LogP contribution in [0.4, 0.5) is 0 Å². The second-order valence-electron chi connectivity index (χ2n) is 6.11. The van der Waals surface area contributed by atoms with E-state index < -0.39 is 5.60 Å². The van der Waals surface area contributed by atoms with Gasteiger partial charge in [-0.1, -0.05) is 18.2 Å². The summed E-state index contributed by atoms with van der Waals surface area (Å²) < 4.78 is 1.19. The van der Waals surface area contributed by atoms with Gasteiger partial charge < -0.3 is 10.0 Å². The van der Waals surface area contributed by atoms with Crippen LogP contribution in [0.2, 0.25) is 0 Å². The third-order valence-electron chi connectivity index (χ3n) is 4.00. The fourth-order valence-corrected chi connectivity index (χ4v) is 4.11. The van der Waals surface area contributed by atoms with Crippen LogP contribution >= 0.6 is 11.3 Å². The minimum absolute atomic E-state index is 0.578. The molecular formula is C18H21N3OS. The Hall–Kier alpha value is -1.82. The average molecular weight is 327 g/mol. The number of nitrogens with zero attached hydrogens (tertiary/aromatic N) is 3. The number of benzene rings is 1. The summed E-state index contributed by atoms with van der Waals surface area (Å²) in [5.74, 6) is 0. The van der Waals surface area contributed by atoms with Gasteiger partial charge in [-0.15, -0.1) is 11.3 Å². The Kier molecular flexibility index (Phi) is 4.43. The summed E-state index contributed by atoms with van der Waals surface area (Å²) >= 11 is 1.75.